The Hall–Kier alpha value is 0.0569. The number of rotatable bonds is 14. The molecule has 1 saturated carbocycles. The van der Waals surface area contributed by atoms with Crippen molar-refractivity contribution in [2.24, 2.45) is 0 Å². The van der Waals surface area contributed by atoms with Crippen molar-refractivity contribution in [1.29, 1.82) is 0 Å². The van der Waals surface area contributed by atoms with Crippen molar-refractivity contribution in [3.63, 3.8) is 0 Å². The molecule has 0 radical (unpaired) electrons. The van der Waals surface area contributed by atoms with Crippen LogP contribution in [0.15, 0.2) is 0 Å². The lowest BCUT2D eigenvalue weighted by Crippen LogP contribution is -2.47. The second-order valence-corrected chi connectivity index (χ2v) is 9.35. The SMILES string of the molecule is CCCO[Si](CCCNC1CCCCC1)(OCCC)OCCC. The molecule has 4 nitrogen and oxygen atoms in total. The highest BCUT2D eigenvalue weighted by atomic mass is 28.4. The molecule has 0 bridgehead atoms. The average molecular weight is 346 g/mol. The van der Waals surface area contributed by atoms with Crippen molar-refractivity contribution in [3.05, 3.63) is 0 Å². The topological polar surface area (TPSA) is 39.7 Å². The van der Waals surface area contributed by atoms with Crippen molar-refractivity contribution in [3.8, 4) is 0 Å². The summed E-state index contributed by atoms with van der Waals surface area (Å²) in [5.74, 6) is 0. The second-order valence-electron chi connectivity index (χ2n) is 6.62. The number of hydrogen-bond donors (Lipinski definition) is 1. The van der Waals surface area contributed by atoms with Gasteiger partial charge in [0.1, 0.15) is 0 Å². The molecule has 0 aromatic heterocycles. The summed E-state index contributed by atoms with van der Waals surface area (Å²) in [5, 5.41) is 3.72. The van der Waals surface area contributed by atoms with Crippen LogP contribution >= 0.6 is 0 Å². The lowest BCUT2D eigenvalue weighted by Gasteiger charge is -2.30. The zero-order chi connectivity index (χ0) is 16.8. The summed E-state index contributed by atoms with van der Waals surface area (Å²) in [6.07, 6.45) is 11.0. The van der Waals surface area contributed by atoms with E-state index in [-0.39, 0.29) is 0 Å². The maximum absolute atomic E-state index is 6.14. The average Bonchev–Trinajstić information content (AvgIpc) is 2.60. The molecule has 0 aliphatic heterocycles. The molecule has 0 saturated heterocycles. The van der Waals surface area contributed by atoms with Gasteiger partial charge in [0.15, 0.2) is 0 Å². The lowest BCUT2D eigenvalue weighted by molar-refractivity contribution is 0.0587. The molecule has 23 heavy (non-hydrogen) atoms. The van der Waals surface area contributed by atoms with Gasteiger partial charge in [-0.1, -0.05) is 40.0 Å². The Kier molecular flexibility index (Phi) is 12.3. The molecule has 0 heterocycles. The first-order chi connectivity index (χ1) is 11.3. The normalized spacial score (nSPS) is 16.8. The van der Waals surface area contributed by atoms with Gasteiger partial charge in [-0.25, -0.2) is 0 Å². The molecule has 138 valence electrons. The van der Waals surface area contributed by atoms with Crippen molar-refractivity contribution in [1.82, 2.24) is 5.32 Å². The van der Waals surface area contributed by atoms with Crippen LogP contribution in [-0.4, -0.2) is 41.2 Å². The summed E-state index contributed by atoms with van der Waals surface area (Å²) in [5.41, 5.74) is 0. The van der Waals surface area contributed by atoms with E-state index in [1.165, 1.54) is 32.1 Å². The molecule has 0 aromatic carbocycles. The third-order valence-electron chi connectivity index (χ3n) is 4.28. The molecule has 1 aliphatic carbocycles. The Labute approximate surface area is 145 Å². The van der Waals surface area contributed by atoms with Gasteiger partial charge < -0.3 is 18.6 Å². The quantitative estimate of drug-likeness (QED) is 0.371. The zero-order valence-electron chi connectivity index (χ0n) is 15.7. The molecule has 1 N–H and O–H groups in total. The van der Waals surface area contributed by atoms with Gasteiger partial charge in [-0.05, 0) is 45.1 Å². The lowest BCUT2D eigenvalue weighted by atomic mass is 9.95. The molecular weight excluding hydrogens is 306 g/mol. The van der Waals surface area contributed by atoms with Gasteiger partial charge in [-0.15, -0.1) is 0 Å². The molecule has 0 atom stereocenters. The van der Waals surface area contributed by atoms with E-state index in [1.54, 1.807) is 0 Å². The van der Waals surface area contributed by atoms with E-state index in [0.717, 1.165) is 64.1 Å². The molecule has 1 fully saturated rings. The fourth-order valence-electron chi connectivity index (χ4n) is 3.03. The third kappa shape index (κ3) is 9.20. The maximum Gasteiger partial charge on any atom is 0.501 e. The predicted octanol–water partition coefficient (Wildman–Crippen LogP) is 4.52. The van der Waals surface area contributed by atoms with E-state index in [2.05, 4.69) is 26.1 Å². The summed E-state index contributed by atoms with van der Waals surface area (Å²) in [7, 11) is -2.49. The van der Waals surface area contributed by atoms with Gasteiger partial charge >= 0.3 is 8.80 Å². The standard InChI is InChI=1S/C18H39NO3Si/c1-4-14-20-23(21-15-5-2,22-16-6-3)17-10-13-19-18-11-8-7-9-12-18/h18-19H,4-17H2,1-3H3. The third-order valence-corrected chi connectivity index (χ3v) is 7.17. The van der Waals surface area contributed by atoms with Crippen molar-refractivity contribution in [2.45, 2.75) is 90.6 Å². The van der Waals surface area contributed by atoms with Crippen LogP contribution in [0.5, 0.6) is 0 Å². The first-order valence-electron chi connectivity index (χ1n) is 9.91. The van der Waals surface area contributed by atoms with E-state index >= 15 is 0 Å². The molecule has 1 aliphatic rings. The van der Waals surface area contributed by atoms with Gasteiger partial charge in [-0.3, -0.25) is 0 Å². The Morgan fingerprint density at radius 1 is 0.826 bits per heavy atom. The minimum atomic E-state index is -2.49. The molecule has 0 spiro atoms. The maximum atomic E-state index is 6.14. The summed E-state index contributed by atoms with van der Waals surface area (Å²) < 4.78 is 18.4. The Bertz CT molecular complexity index is 251. The van der Waals surface area contributed by atoms with Gasteiger partial charge in [0, 0.05) is 31.9 Å². The molecule has 0 aromatic rings. The monoisotopic (exact) mass is 345 g/mol. The van der Waals surface area contributed by atoms with Gasteiger partial charge in [0.05, 0.1) is 0 Å². The first-order valence-corrected chi connectivity index (χ1v) is 11.8. The molecule has 1 rings (SSSR count). The molecular formula is C18H39NO3Si. The second kappa shape index (κ2) is 13.4. The number of nitrogens with one attached hydrogen (secondary N) is 1. The summed E-state index contributed by atoms with van der Waals surface area (Å²) >= 11 is 0. The smallest absolute Gasteiger partial charge is 0.373 e. The van der Waals surface area contributed by atoms with Crippen molar-refractivity contribution >= 4 is 8.80 Å². The highest BCUT2D eigenvalue weighted by molar-refractivity contribution is 6.60. The van der Waals surface area contributed by atoms with Gasteiger partial charge in [-0.2, -0.15) is 0 Å². The molecule has 0 amide bonds. The van der Waals surface area contributed by atoms with Crippen LogP contribution in [0.4, 0.5) is 0 Å². The predicted molar refractivity (Wildman–Crippen MR) is 98.8 cm³/mol. The van der Waals surface area contributed by atoms with E-state index < -0.39 is 8.80 Å². The van der Waals surface area contributed by atoms with Crippen LogP contribution < -0.4 is 5.32 Å². The minimum Gasteiger partial charge on any atom is -0.373 e. The zero-order valence-corrected chi connectivity index (χ0v) is 16.7. The van der Waals surface area contributed by atoms with Crippen LogP contribution in [0, 0.1) is 0 Å². The van der Waals surface area contributed by atoms with E-state index in [0.29, 0.717) is 0 Å². The highest BCUT2D eigenvalue weighted by Crippen LogP contribution is 2.20. The largest absolute Gasteiger partial charge is 0.501 e. The highest BCUT2D eigenvalue weighted by Gasteiger charge is 2.40. The van der Waals surface area contributed by atoms with Gasteiger partial charge in [0.2, 0.25) is 0 Å². The Morgan fingerprint density at radius 3 is 1.83 bits per heavy atom. The minimum absolute atomic E-state index is 0.726. The molecule has 0 unspecified atom stereocenters. The fourth-order valence-corrected chi connectivity index (χ4v) is 5.87. The van der Waals surface area contributed by atoms with Crippen LogP contribution in [-0.2, 0) is 13.3 Å². The Morgan fingerprint density at radius 2 is 1.35 bits per heavy atom. The molecule has 5 heteroatoms. The van der Waals surface area contributed by atoms with Gasteiger partial charge in [0.25, 0.3) is 0 Å². The van der Waals surface area contributed by atoms with Crippen LogP contribution in [0.1, 0.15) is 78.6 Å². The van der Waals surface area contributed by atoms with E-state index in [1.807, 2.05) is 0 Å². The summed E-state index contributed by atoms with van der Waals surface area (Å²) in [6.45, 7) is 9.72. The first kappa shape index (κ1) is 21.1. The van der Waals surface area contributed by atoms with Crippen molar-refractivity contribution < 1.29 is 13.3 Å². The Balaban J connectivity index is 2.40. The summed E-state index contributed by atoms with van der Waals surface area (Å²) in [6, 6.07) is 1.66. The fraction of sp³-hybridized carbons (Fsp3) is 1.00. The van der Waals surface area contributed by atoms with E-state index in [9.17, 15) is 0 Å². The van der Waals surface area contributed by atoms with Crippen molar-refractivity contribution in [2.75, 3.05) is 26.4 Å². The van der Waals surface area contributed by atoms with E-state index in [4.69, 9.17) is 13.3 Å². The van der Waals surface area contributed by atoms with Crippen LogP contribution in [0.3, 0.4) is 0 Å². The van der Waals surface area contributed by atoms with Crippen LogP contribution in [0.2, 0.25) is 6.04 Å². The summed E-state index contributed by atoms with van der Waals surface area (Å²) in [4.78, 5) is 0. The van der Waals surface area contributed by atoms with Crippen LogP contribution in [0.25, 0.3) is 0 Å². The number of hydrogen-bond acceptors (Lipinski definition) is 4.